The molecule has 1 aromatic heterocycles. The second-order valence-corrected chi connectivity index (χ2v) is 5.16. The van der Waals surface area contributed by atoms with E-state index in [1.165, 1.54) is 24.1 Å². The number of imide groups is 1. The van der Waals surface area contributed by atoms with Gasteiger partial charge in [-0.1, -0.05) is 0 Å². The van der Waals surface area contributed by atoms with Crippen molar-refractivity contribution in [3.8, 4) is 0 Å². The van der Waals surface area contributed by atoms with Crippen molar-refractivity contribution in [1.82, 2.24) is 5.32 Å². The summed E-state index contributed by atoms with van der Waals surface area (Å²) in [5, 5.41) is 2.20. The molecule has 1 heterocycles. The van der Waals surface area contributed by atoms with Crippen LogP contribution in [-0.2, 0) is 14.3 Å². The molecule has 0 aliphatic heterocycles. The smallest absolute Gasteiger partial charge is 0.322 e. The number of nitrogens with two attached hydrogens (primary N) is 1. The number of amides is 2. The number of carbonyl (C=O) groups excluding carboxylic acids is 3. The van der Waals surface area contributed by atoms with E-state index >= 15 is 0 Å². The highest BCUT2D eigenvalue weighted by Crippen LogP contribution is 2.05. The molecule has 3 N–H and O–H groups in total. The molecule has 1 rings (SSSR count). The first-order valence-corrected chi connectivity index (χ1v) is 7.57. The topological polar surface area (TPSA) is 112 Å². The number of nitrogens with one attached hydrogen (secondary N) is 1. The Bertz CT molecular complexity index is 475. The quantitative estimate of drug-likeness (QED) is 0.532. The van der Waals surface area contributed by atoms with Crippen LogP contribution in [0, 0.1) is 0 Å². The Hall–Kier alpha value is -1.80. The Kier molecular flexibility index (Phi) is 7.55. The van der Waals surface area contributed by atoms with Crippen LogP contribution < -0.4 is 11.1 Å². The minimum absolute atomic E-state index is 0.0812. The number of ether oxygens (including phenoxy) is 1. The number of furan rings is 1. The molecule has 7 nitrogen and oxygen atoms in total. The molecule has 0 aliphatic rings. The van der Waals surface area contributed by atoms with Gasteiger partial charge in [0.15, 0.2) is 5.76 Å². The number of thioether (sulfide) groups is 1. The van der Waals surface area contributed by atoms with Gasteiger partial charge >= 0.3 is 5.97 Å². The van der Waals surface area contributed by atoms with Gasteiger partial charge in [0.05, 0.1) is 18.6 Å². The van der Waals surface area contributed by atoms with Gasteiger partial charge in [-0.2, -0.15) is 11.8 Å². The summed E-state index contributed by atoms with van der Waals surface area (Å²) >= 11 is 1.28. The molecule has 8 heteroatoms. The first-order chi connectivity index (χ1) is 10.0. The van der Waals surface area contributed by atoms with Gasteiger partial charge in [-0.25, -0.2) is 0 Å². The number of hydrogen-bond donors (Lipinski definition) is 2. The lowest BCUT2D eigenvalue weighted by atomic mass is 10.2. The zero-order chi connectivity index (χ0) is 15.7. The van der Waals surface area contributed by atoms with E-state index in [9.17, 15) is 14.4 Å². The largest absolute Gasteiger partial charge is 0.465 e. The van der Waals surface area contributed by atoms with Gasteiger partial charge in [-0.15, -0.1) is 0 Å². The highest BCUT2D eigenvalue weighted by molar-refractivity contribution is 7.99. The highest BCUT2D eigenvalue weighted by atomic mass is 32.2. The highest BCUT2D eigenvalue weighted by Gasteiger charge is 2.15. The summed E-state index contributed by atoms with van der Waals surface area (Å²) in [6.07, 6.45) is 1.76. The molecule has 116 valence electrons. The Balaban J connectivity index is 2.16. The molecule has 1 atom stereocenters. The van der Waals surface area contributed by atoms with E-state index in [2.05, 4.69) is 5.32 Å². The third-order valence-corrected chi connectivity index (χ3v) is 3.38. The maximum atomic E-state index is 11.5. The zero-order valence-electron chi connectivity index (χ0n) is 11.7. The second-order valence-electron chi connectivity index (χ2n) is 4.05. The molecule has 21 heavy (non-hydrogen) atoms. The lowest BCUT2D eigenvalue weighted by Gasteiger charge is -2.09. The average molecular weight is 314 g/mol. The van der Waals surface area contributed by atoms with E-state index in [1.54, 1.807) is 13.0 Å². The summed E-state index contributed by atoms with van der Waals surface area (Å²) in [7, 11) is 0. The van der Waals surface area contributed by atoms with Gasteiger partial charge in [0.25, 0.3) is 5.91 Å². The molecule has 0 spiro atoms. The molecule has 0 aromatic carbocycles. The summed E-state index contributed by atoms with van der Waals surface area (Å²) in [6, 6.07) is 2.34. The van der Waals surface area contributed by atoms with Gasteiger partial charge in [-0.3, -0.25) is 19.7 Å². The maximum absolute atomic E-state index is 11.5. The van der Waals surface area contributed by atoms with Gasteiger partial charge in [0.1, 0.15) is 6.04 Å². The lowest BCUT2D eigenvalue weighted by molar-refractivity contribution is -0.144. The zero-order valence-corrected chi connectivity index (χ0v) is 12.5. The van der Waals surface area contributed by atoms with Crippen LogP contribution >= 0.6 is 11.8 Å². The summed E-state index contributed by atoms with van der Waals surface area (Å²) in [5.74, 6) is -0.752. The summed E-state index contributed by atoms with van der Waals surface area (Å²) < 4.78 is 9.63. The van der Waals surface area contributed by atoms with E-state index in [0.29, 0.717) is 12.2 Å². The monoisotopic (exact) mass is 314 g/mol. The van der Waals surface area contributed by atoms with Crippen LogP contribution in [0.1, 0.15) is 23.9 Å². The first kappa shape index (κ1) is 17.3. The summed E-state index contributed by atoms with van der Waals surface area (Å²) in [5.41, 5.74) is 5.61. The van der Waals surface area contributed by atoms with Crippen molar-refractivity contribution in [2.75, 3.05) is 18.1 Å². The SMILES string of the molecule is CCOC(=O)C(N)CCSCC(=O)NC(=O)c1ccco1. The fraction of sp³-hybridized carbons (Fsp3) is 0.462. The van der Waals surface area contributed by atoms with E-state index < -0.39 is 23.8 Å². The molecule has 0 bridgehead atoms. The van der Waals surface area contributed by atoms with Crippen molar-refractivity contribution in [1.29, 1.82) is 0 Å². The third-order valence-electron chi connectivity index (χ3n) is 2.39. The molecule has 0 radical (unpaired) electrons. The molecular formula is C13H18N2O5S. The fourth-order valence-corrected chi connectivity index (χ4v) is 2.20. The van der Waals surface area contributed by atoms with E-state index in [0.717, 1.165) is 0 Å². The molecule has 0 saturated carbocycles. The van der Waals surface area contributed by atoms with Crippen LogP contribution in [0.15, 0.2) is 22.8 Å². The van der Waals surface area contributed by atoms with Crippen molar-refractivity contribution in [2.45, 2.75) is 19.4 Å². The molecule has 0 aliphatic carbocycles. The average Bonchev–Trinajstić information content (AvgIpc) is 2.97. The number of esters is 1. The van der Waals surface area contributed by atoms with E-state index in [1.807, 2.05) is 0 Å². The predicted molar refractivity (Wildman–Crippen MR) is 77.7 cm³/mol. The van der Waals surface area contributed by atoms with Gasteiger partial charge in [0.2, 0.25) is 5.91 Å². The Morgan fingerprint density at radius 3 is 2.86 bits per heavy atom. The summed E-state index contributed by atoms with van der Waals surface area (Å²) in [6.45, 7) is 2.00. The van der Waals surface area contributed by atoms with Crippen LogP contribution in [0.3, 0.4) is 0 Å². The number of hydrogen-bond acceptors (Lipinski definition) is 7. The summed E-state index contributed by atoms with van der Waals surface area (Å²) in [4.78, 5) is 34.3. The van der Waals surface area contributed by atoms with Gasteiger partial charge < -0.3 is 14.9 Å². The lowest BCUT2D eigenvalue weighted by Crippen LogP contribution is -2.33. The normalized spacial score (nSPS) is 11.7. The van der Waals surface area contributed by atoms with Crippen LogP contribution in [-0.4, -0.2) is 41.9 Å². The van der Waals surface area contributed by atoms with Crippen molar-refractivity contribution in [2.24, 2.45) is 5.73 Å². The molecule has 0 saturated heterocycles. The van der Waals surface area contributed by atoms with Crippen LogP contribution in [0.4, 0.5) is 0 Å². The van der Waals surface area contributed by atoms with Crippen molar-refractivity contribution in [3.05, 3.63) is 24.2 Å². The Morgan fingerprint density at radius 1 is 1.48 bits per heavy atom. The standard InChI is InChI=1S/C13H18N2O5S/c1-2-19-13(18)9(14)5-7-21-8-11(16)15-12(17)10-4-3-6-20-10/h3-4,6,9H,2,5,7-8,14H2,1H3,(H,15,16,17). The van der Waals surface area contributed by atoms with E-state index in [-0.39, 0.29) is 18.1 Å². The van der Waals surface area contributed by atoms with Gasteiger partial charge in [0, 0.05) is 0 Å². The molecule has 1 unspecified atom stereocenters. The fourth-order valence-electron chi connectivity index (χ4n) is 1.37. The molecule has 1 aromatic rings. The Labute approximate surface area is 126 Å². The molecule has 0 fully saturated rings. The molecule has 2 amide bonds. The van der Waals surface area contributed by atoms with Crippen molar-refractivity contribution < 1.29 is 23.5 Å². The van der Waals surface area contributed by atoms with Crippen LogP contribution in [0.25, 0.3) is 0 Å². The van der Waals surface area contributed by atoms with Crippen molar-refractivity contribution in [3.63, 3.8) is 0 Å². The van der Waals surface area contributed by atoms with Crippen LogP contribution in [0.5, 0.6) is 0 Å². The first-order valence-electron chi connectivity index (χ1n) is 6.42. The number of carbonyl (C=O) groups is 3. The number of rotatable bonds is 8. The molecular weight excluding hydrogens is 296 g/mol. The third kappa shape index (κ3) is 6.46. The maximum Gasteiger partial charge on any atom is 0.322 e. The van der Waals surface area contributed by atoms with Crippen molar-refractivity contribution >= 4 is 29.5 Å². The predicted octanol–water partition coefficient (Wildman–Crippen LogP) is 0.550. The van der Waals surface area contributed by atoms with E-state index in [4.69, 9.17) is 14.9 Å². The van der Waals surface area contributed by atoms with Crippen LogP contribution in [0.2, 0.25) is 0 Å². The minimum atomic E-state index is -0.690. The Morgan fingerprint density at radius 2 is 2.24 bits per heavy atom. The minimum Gasteiger partial charge on any atom is -0.465 e. The van der Waals surface area contributed by atoms with Gasteiger partial charge in [-0.05, 0) is 31.2 Å². The second kappa shape index (κ2) is 9.19.